The van der Waals surface area contributed by atoms with Gasteiger partial charge in [-0.05, 0) is 13.0 Å². The van der Waals surface area contributed by atoms with Crippen molar-refractivity contribution in [2.45, 2.75) is 12.2 Å². The van der Waals surface area contributed by atoms with E-state index in [-0.39, 0.29) is 23.1 Å². The van der Waals surface area contributed by atoms with Crippen LogP contribution in [0.5, 0.6) is 0 Å². The first-order chi connectivity index (χ1) is 7.97. The Bertz CT molecular complexity index is 455. The van der Waals surface area contributed by atoms with Crippen LogP contribution < -0.4 is 0 Å². The Balaban J connectivity index is 3.14. The number of pyridine rings is 1. The molecule has 0 fully saturated rings. The Morgan fingerprint density at radius 2 is 2.35 bits per heavy atom. The van der Waals surface area contributed by atoms with Gasteiger partial charge in [-0.15, -0.1) is 0 Å². The predicted molar refractivity (Wildman–Crippen MR) is 64.3 cm³/mol. The van der Waals surface area contributed by atoms with Gasteiger partial charge < -0.3 is 4.74 Å². The lowest BCUT2D eigenvalue weighted by Gasteiger charge is -2.09. The van der Waals surface area contributed by atoms with Crippen LogP contribution >= 0.6 is 24.2 Å². The summed E-state index contributed by atoms with van der Waals surface area (Å²) in [5.41, 5.74) is -0.438. The maximum Gasteiger partial charge on any atom is 0.325 e. The van der Waals surface area contributed by atoms with Crippen molar-refractivity contribution in [2.75, 3.05) is 6.61 Å². The zero-order valence-corrected chi connectivity index (χ0v) is 10.4. The largest absolute Gasteiger partial charge is 0.465 e. The number of nitro groups is 1. The van der Waals surface area contributed by atoms with Crippen LogP contribution in [0.2, 0.25) is 5.15 Å². The topological polar surface area (TPSA) is 82.3 Å². The number of carbonyl (C=O) groups is 1. The molecular formula is C9H9ClN2O4S. The summed E-state index contributed by atoms with van der Waals surface area (Å²) in [6.07, 6.45) is 0. The van der Waals surface area contributed by atoms with Crippen LogP contribution in [-0.4, -0.2) is 22.5 Å². The van der Waals surface area contributed by atoms with E-state index < -0.39 is 16.1 Å². The predicted octanol–water partition coefficient (Wildman–Crippen LogP) is 2.18. The summed E-state index contributed by atoms with van der Waals surface area (Å²) in [7, 11) is 0. The number of halogens is 1. The summed E-state index contributed by atoms with van der Waals surface area (Å²) >= 11 is 9.59. The van der Waals surface area contributed by atoms with Crippen molar-refractivity contribution in [2.24, 2.45) is 0 Å². The van der Waals surface area contributed by atoms with E-state index in [0.717, 1.165) is 0 Å². The van der Waals surface area contributed by atoms with E-state index in [1.54, 1.807) is 6.92 Å². The highest BCUT2D eigenvalue weighted by Crippen LogP contribution is 2.29. The van der Waals surface area contributed by atoms with Crippen LogP contribution in [0.1, 0.15) is 17.9 Å². The van der Waals surface area contributed by atoms with E-state index in [4.69, 9.17) is 16.3 Å². The molecule has 0 aliphatic carbocycles. The zero-order valence-electron chi connectivity index (χ0n) is 8.79. The minimum absolute atomic E-state index is 0.0500. The number of nitrogens with zero attached hydrogens (tertiary/aromatic N) is 2. The summed E-state index contributed by atoms with van der Waals surface area (Å²) in [4.78, 5) is 25.3. The van der Waals surface area contributed by atoms with Gasteiger partial charge in [-0.3, -0.25) is 14.9 Å². The summed E-state index contributed by atoms with van der Waals surface area (Å²) in [5, 5.41) is 9.67. The first kappa shape index (κ1) is 13.7. The van der Waals surface area contributed by atoms with Crippen molar-refractivity contribution < 1.29 is 14.5 Å². The molecule has 1 unspecified atom stereocenters. The van der Waals surface area contributed by atoms with Gasteiger partial charge in [-0.1, -0.05) is 11.6 Å². The van der Waals surface area contributed by atoms with Gasteiger partial charge in [0.05, 0.1) is 11.5 Å². The highest BCUT2D eigenvalue weighted by atomic mass is 35.5. The Kier molecular flexibility index (Phi) is 4.71. The number of esters is 1. The second-order valence-corrected chi connectivity index (χ2v) is 3.85. The second kappa shape index (κ2) is 5.83. The van der Waals surface area contributed by atoms with Gasteiger partial charge in [0.15, 0.2) is 0 Å². The van der Waals surface area contributed by atoms with Crippen LogP contribution in [0.3, 0.4) is 0 Å². The molecule has 0 spiro atoms. The fourth-order valence-electron chi connectivity index (χ4n) is 1.13. The van der Waals surface area contributed by atoms with Crippen LogP contribution in [0.25, 0.3) is 0 Å². The molecule has 17 heavy (non-hydrogen) atoms. The molecule has 1 atom stereocenters. The average Bonchev–Trinajstić information content (AvgIpc) is 2.27. The molecule has 0 bridgehead atoms. The summed E-state index contributed by atoms with van der Waals surface area (Å²) in [6, 6.07) is 2.45. The molecule has 1 aromatic heterocycles. The molecule has 92 valence electrons. The lowest BCUT2D eigenvalue weighted by Crippen LogP contribution is -2.14. The van der Waals surface area contributed by atoms with E-state index >= 15 is 0 Å². The van der Waals surface area contributed by atoms with Crippen LogP contribution in [0.4, 0.5) is 5.69 Å². The molecule has 0 saturated heterocycles. The Morgan fingerprint density at radius 3 is 2.88 bits per heavy atom. The molecule has 0 amide bonds. The van der Waals surface area contributed by atoms with Gasteiger partial charge in [-0.2, -0.15) is 12.6 Å². The normalized spacial score (nSPS) is 11.9. The smallest absolute Gasteiger partial charge is 0.325 e. The monoisotopic (exact) mass is 276 g/mol. The van der Waals surface area contributed by atoms with Crippen molar-refractivity contribution in [3.63, 3.8) is 0 Å². The molecule has 0 aromatic carbocycles. The van der Waals surface area contributed by atoms with Gasteiger partial charge in [0, 0.05) is 6.07 Å². The molecule has 1 rings (SSSR count). The van der Waals surface area contributed by atoms with E-state index in [0.29, 0.717) is 0 Å². The van der Waals surface area contributed by atoms with Crippen molar-refractivity contribution in [3.05, 3.63) is 33.1 Å². The first-order valence-corrected chi connectivity index (χ1v) is 5.52. The third kappa shape index (κ3) is 3.31. The third-order valence-corrected chi connectivity index (χ3v) is 2.50. The molecular weight excluding hydrogens is 268 g/mol. The Hall–Kier alpha value is -1.34. The molecule has 1 heterocycles. The average molecular weight is 277 g/mol. The lowest BCUT2D eigenvalue weighted by molar-refractivity contribution is -0.385. The third-order valence-electron chi connectivity index (χ3n) is 1.83. The van der Waals surface area contributed by atoms with Gasteiger partial charge >= 0.3 is 5.97 Å². The number of ether oxygens (including phenoxy) is 1. The number of hydrogen-bond acceptors (Lipinski definition) is 6. The Labute approximate surface area is 107 Å². The van der Waals surface area contributed by atoms with E-state index in [1.807, 2.05) is 0 Å². The van der Waals surface area contributed by atoms with E-state index in [2.05, 4.69) is 17.6 Å². The summed E-state index contributed by atoms with van der Waals surface area (Å²) < 4.78 is 4.71. The summed E-state index contributed by atoms with van der Waals surface area (Å²) in [5.74, 6) is -0.700. The fraction of sp³-hybridized carbons (Fsp3) is 0.333. The SMILES string of the molecule is CCOC(=O)C(S)c1nc(Cl)ccc1[N+](=O)[O-]. The first-order valence-electron chi connectivity index (χ1n) is 4.63. The maximum atomic E-state index is 11.4. The van der Waals surface area contributed by atoms with Gasteiger partial charge in [0.25, 0.3) is 5.69 Å². The number of thiol groups is 1. The fourth-order valence-corrected chi connectivity index (χ4v) is 1.55. The van der Waals surface area contributed by atoms with Crippen molar-refractivity contribution in [1.82, 2.24) is 4.98 Å². The van der Waals surface area contributed by atoms with Crippen molar-refractivity contribution in [3.8, 4) is 0 Å². The number of rotatable bonds is 4. The molecule has 0 radical (unpaired) electrons. The highest BCUT2D eigenvalue weighted by Gasteiger charge is 2.28. The summed E-state index contributed by atoms with van der Waals surface area (Å²) in [6.45, 7) is 1.78. The van der Waals surface area contributed by atoms with Crippen LogP contribution in [0.15, 0.2) is 12.1 Å². The minimum atomic E-state index is -1.13. The standard InChI is InChI=1S/C9H9ClN2O4S/c1-2-16-9(13)8(17)7-5(12(14)15)3-4-6(10)11-7/h3-4,8,17H,2H2,1H3. The molecule has 0 aliphatic heterocycles. The van der Waals surface area contributed by atoms with Crippen LogP contribution in [0, 0.1) is 10.1 Å². The van der Waals surface area contributed by atoms with Crippen LogP contribution in [-0.2, 0) is 9.53 Å². The minimum Gasteiger partial charge on any atom is -0.465 e. The highest BCUT2D eigenvalue weighted by molar-refractivity contribution is 7.81. The van der Waals surface area contributed by atoms with E-state index in [1.165, 1.54) is 12.1 Å². The van der Waals surface area contributed by atoms with Gasteiger partial charge in [0.1, 0.15) is 16.1 Å². The quantitative estimate of drug-likeness (QED) is 0.300. The van der Waals surface area contributed by atoms with Crippen molar-refractivity contribution >= 4 is 35.9 Å². The molecule has 0 N–H and O–H groups in total. The lowest BCUT2D eigenvalue weighted by atomic mass is 10.2. The zero-order chi connectivity index (χ0) is 13.0. The molecule has 0 aliphatic rings. The Morgan fingerprint density at radius 1 is 1.71 bits per heavy atom. The number of hydrogen-bond donors (Lipinski definition) is 1. The maximum absolute atomic E-state index is 11.4. The van der Waals surface area contributed by atoms with Gasteiger partial charge in [-0.25, -0.2) is 4.98 Å². The number of carbonyl (C=O) groups excluding carboxylic acids is 1. The molecule has 8 heteroatoms. The van der Waals surface area contributed by atoms with E-state index in [9.17, 15) is 14.9 Å². The number of aromatic nitrogens is 1. The second-order valence-electron chi connectivity index (χ2n) is 2.95. The molecule has 6 nitrogen and oxygen atoms in total. The molecule has 1 aromatic rings. The van der Waals surface area contributed by atoms with Crippen molar-refractivity contribution in [1.29, 1.82) is 0 Å². The van der Waals surface area contributed by atoms with Gasteiger partial charge in [0.2, 0.25) is 0 Å². The molecule has 0 saturated carbocycles.